The molecule has 0 aliphatic rings. The average molecular weight is 605 g/mol. The maximum Gasteiger partial charge on any atom is 0.328 e. The van der Waals surface area contributed by atoms with Gasteiger partial charge in [-0.05, 0) is 25.9 Å². The third-order valence-corrected chi connectivity index (χ3v) is 8.62. The summed E-state index contributed by atoms with van der Waals surface area (Å²) in [5.74, 6) is -0.204. The number of rotatable bonds is 31. The third-order valence-electron chi connectivity index (χ3n) is 8.62. The maximum atomic E-state index is 12.4. The standard InChI is InChI=1S/C36H68N4O3/c1-3-5-7-9-11-13-15-17-19-21-23-25-29-39(30-26-24-22-20-18-16-14-12-10-8-6-4-2)32-28-37-35(42)33-40-31-27-34(41)38-36(40)43/h27,31H,3-26,28-30,32-33H2,1-2H3,(H,37,42)(H,38,41,43). The van der Waals surface area contributed by atoms with Crippen molar-refractivity contribution in [3.8, 4) is 0 Å². The second kappa shape index (κ2) is 28.9. The summed E-state index contributed by atoms with van der Waals surface area (Å²) in [6.45, 7) is 8.07. The topological polar surface area (TPSA) is 87.2 Å². The van der Waals surface area contributed by atoms with Gasteiger partial charge in [0, 0.05) is 25.4 Å². The Morgan fingerprint density at radius 2 is 1.02 bits per heavy atom. The first-order valence-electron chi connectivity index (χ1n) is 18.4. The van der Waals surface area contributed by atoms with Gasteiger partial charge in [-0.15, -0.1) is 0 Å². The molecule has 0 aromatic carbocycles. The van der Waals surface area contributed by atoms with Crippen molar-refractivity contribution in [3.05, 3.63) is 33.1 Å². The Morgan fingerprint density at radius 3 is 1.42 bits per heavy atom. The highest BCUT2D eigenvalue weighted by atomic mass is 16.2. The van der Waals surface area contributed by atoms with Crippen molar-refractivity contribution in [2.75, 3.05) is 26.2 Å². The Balaban J connectivity index is 2.25. The van der Waals surface area contributed by atoms with E-state index in [2.05, 4.69) is 29.0 Å². The fraction of sp³-hybridized carbons (Fsp3) is 0.861. The summed E-state index contributed by atoms with van der Waals surface area (Å²) < 4.78 is 1.23. The predicted octanol–water partition coefficient (Wildman–Crippen LogP) is 8.36. The fourth-order valence-electron chi connectivity index (χ4n) is 5.82. The van der Waals surface area contributed by atoms with Crippen LogP contribution in [0.3, 0.4) is 0 Å². The van der Waals surface area contributed by atoms with Crippen molar-refractivity contribution in [2.24, 2.45) is 0 Å². The molecule has 1 amide bonds. The zero-order valence-electron chi connectivity index (χ0n) is 28.3. The number of amides is 1. The van der Waals surface area contributed by atoms with E-state index in [1.54, 1.807) is 0 Å². The minimum Gasteiger partial charge on any atom is -0.353 e. The van der Waals surface area contributed by atoms with Gasteiger partial charge in [0.1, 0.15) is 6.54 Å². The van der Waals surface area contributed by atoms with Gasteiger partial charge in [0.15, 0.2) is 0 Å². The Hall–Kier alpha value is -1.89. The molecule has 2 N–H and O–H groups in total. The molecule has 1 rings (SSSR count). The fourth-order valence-corrected chi connectivity index (χ4v) is 5.82. The quantitative estimate of drug-likeness (QED) is 0.0834. The monoisotopic (exact) mass is 605 g/mol. The molecule has 0 fully saturated rings. The lowest BCUT2D eigenvalue weighted by molar-refractivity contribution is -0.121. The van der Waals surface area contributed by atoms with Crippen LogP contribution in [-0.2, 0) is 11.3 Å². The van der Waals surface area contributed by atoms with Gasteiger partial charge in [0.2, 0.25) is 5.91 Å². The van der Waals surface area contributed by atoms with Crippen LogP contribution in [0, 0.1) is 0 Å². The minimum absolute atomic E-state index is 0.0763. The van der Waals surface area contributed by atoms with Gasteiger partial charge in [-0.25, -0.2) is 4.79 Å². The zero-order valence-corrected chi connectivity index (χ0v) is 28.3. The first kappa shape index (κ1) is 39.1. The molecule has 0 atom stereocenters. The molecule has 0 bridgehead atoms. The maximum absolute atomic E-state index is 12.4. The molecule has 0 saturated carbocycles. The highest BCUT2D eigenvalue weighted by Crippen LogP contribution is 2.14. The van der Waals surface area contributed by atoms with Crippen molar-refractivity contribution < 1.29 is 4.79 Å². The van der Waals surface area contributed by atoms with Crippen LogP contribution < -0.4 is 16.6 Å². The first-order chi connectivity index (χ1) is 21.1. The number of carbonyl (C=O) groups is 1. The molecular formula is C36H68N4O3. The van der Waals surface area contributed by atoms with Crippen molar-refractivity contribution in [1.29, 1.82) is 0 Å². The van der Waals surface area contributed by atoms with Crippen LogP contribution in [0.2, 0.25) is 0 Å². The molecule has 43 heavy (non-hydrogen) atoms. The van der Waals surface area contributed by atoms with Gasteiger partial charge in [-0.2, -0.15) is 0 Å². The molecule has 1 aromatic heterocycles. The highest BCUT2D eigenvalue weighted by Gasteiger charge is 2.08. The van der Waals surface area contributed by atoms with Crippen LogP contribution in [0.15, 0.2) is 21.9 Å². The van der Waals surface area contributed by atoms with E-state index >= 15 is 0 Å². The number of unbranched alkanes of at least 4 members (excludes halogenated alkanes) is 22. The summed E-state index contributed by atoms with van der Waals surface area (Å²) in [5, 5.41) is 2.96. The number of carbonyl (C=O) groups excluding carboxylic acids is 1. The predicted molar refractivity (Wildman–Crippen MR) is 183 cm³/mol. The van der Waals surface area contributed by atoms with Crippen molar-refractivity contribution in [1.82, 2.24) is 19.8 Å². The van der Waals surface area contributed by atoms with E-state index in [4.69, 9.17) is 0 Å². The summed E-state index contributed by atoms with van der Waals surface area (Å²) in [4.78, 5) is 40.2. The molecule has 1 aromatic rings. The molecular weight excluding hydrogens is 536 g/mol. The number of H-pyrrole nitrogens is 1. The summed E-state index contributed by atoms with van der Waals surface area (Å²) in [6, 6.07) is 1.26. The number of aromatic amines is 1. The average Bonchev–Trinajstić information content (AvgIpc) is 2.99. The van der Waals surface area contributed by atoms with E-state index in [0.29, 0.717) is 6.54 Å². The van der Waals surface area contributed by atoms with Gasteiger partial charge < -0.3 is 10.2 Å². The molecule has 250 valence electrons. The molecule has 0 radical (unpaired) electrons. The second-order valence-electron chi connectivity index (χ2n) is 12.7. The number of aromatic nitrogens is 2. The first-order valence-corrected chi connectivity index (χ1v) is 18.4. The molecule has 0 aliphatic heterocycles. The van der Waals surface area contributed by atoms with E-state index in [-0.39, 0.29) is 12.5 Å². The summed E-state index contributed by atoms with van der Waals surface area (Å²) >= 11 is 0. The normalized spacial score (nSPS) is 11.4. The summed E-state index contributed by atoms with van der Waals surface area (Å²) in [6.07, 6.45) is 34.0. The number of hydrogen-bond acceptors (Lipinski definition) is 4. The molecule has 7 nitrogen and oxygen atoms in total. The number of hydrogen-bond donors (Lipinski definition) is 2. The van der Waals surface area contributed by atoms with Crippen LogP contribution >= 0.6 is 0 Å². The van der Waals surface area contributed by atoms with E-state index in [1.165, 1.54) is 171 Å². The Labute approximate surface area is 264 Å². The van der Waals surface area contributed by atoms with Crippen molar-refractivity contribution in [3.63, 3.8) is 0 Å². The van der Waals surface area contributed by atoms with E-state index < -0.39 is 11.2 Å². The van der Waals surface area contributed by atoms with E-state index in [9.17, 15) is 14.4 Å². The van der Waals surface area contributed by atoms with Gasteiger partial charge >= 0.3 is 5.69 Å². The molecule has 0 aliphatic carbocycles. The molecule has 0 unspecified atom stereocenters. The van der Waals surface area contributed by atoms with E-state index in [1.807, 2.05) is 0 Å². The van der Waals surface area contributed by atoms with Crippen LogP contribution in [0.4, 0.5) is 0 Å². The third kappa shape index (κ3) is 24.2. The number of nitrogens with one attached hydrogen (secondary N) is 2. The van der Waals surface area contributed by atoms with Gasteiger partial charge in [0.25, 0.3) is 5.56 Å². The Bertz CT molecular complexity index is 854. The molecule has 7 heteroatoms. The minimum atomic E-state index is -0.553. The SMILES string of the molecule is CCCCCCCCCCCCCCN(CCCCCCCCCCCCCC)CCNC(=O)Cn1ccc(=O)[nH]c1=O. The van der Waals surface area contributed by atoms with Gasteiger partial charge in [-0.3, -0.25) is 19.1 Å². The summed E-state index contributed by atoms with van der Waals surface area (Å²) in [7, 11) is 0. The molecule has 0 saturated heterocycles. The van der Waals surface area contributed by atoms with Crippen molar-refractivity contribution >= 4 is 5.91 Å². The molecule has 1 heterocycles. The van der Waals surface area contributed by atoms with Crippen LogP contribution in [0.1, 0.15) is 168 Å². The summed E-state index contributed by atoms with van der Waals surface area (Å²) in [5.41, 5.74) is -1.00. The number of nitrogens with zero attached hydrogens (tertiary/aromatic N) is 2. The lowest BCUT2D eigenvalue weighted by Crippen LogP contribution is -2.39. The van der Waals surface area contributed by atoms with Crippen LogP contribution in [-0.4, -0.2) is 46.5 Å². The van der Waals surface area contributed by atoms with Gasteiger partial charge in [0.05, 0.1) is 0 Å². The van der Waals surface area contributed by atoms with Crippen LogP contribution in [0.5, 0.6) is 0 Å². The smallest absolute Gasteiger partial charge is 0.328 e. The lowest BCUT2D eigenvalue weighted by Gasteiger charge is -2.22. The lowest BCUT2D eigenvalue weighted by atomic mass is 10.0. The highest BCUT2D eigenvalue weighted by molar-refractivity contribution is 5.75. The molecule has 0 spiro atoms. The van der Waals surface area contributed by atoms with Crippen molar-refractivity contribution in [2.45, 2.75) is 174 Å². The van der Waals surface area contributed by atoms with Gasteiger partial charge in [-0.1, -0.05) is 155 Å². The van der Waals surface area contributed by atoms with E-state index in [0.717, 1.165) is 19.6 Å². The largest absolute Gasteiger partial charge is 0.353 e. The Morgan fingerprint density at radius 1 is 0.628 bits per heavy atom. The zero-order chi connectivity index (χ0) is 31.2. The Kier molecular flexibility index (Phi) is 26.3. The second-order valence-corrected chi connectivity index (χ2v) is 12.7. The van der Waals surface area contributed by atoms with Crippen LogP contribution in [0.25, 0.3) is 0 Å².